The zero-order valence-corrected chi connectivity index (χ0v) is 12.9. The summed E-state index contributed by atoms with van der Waals surface area (Å²) < 4.78 is 0. The molecule has 112 valence electrons. The second kappa shape index (κ2) is 5.46. The largest absolute Gasteiger partial charge is 0.300 e. The summed E-state index contributed by atoms with van der Waals surface area (Å²) in [5.74, 6) is 5.94. The van der Waals surface area contributed by atoms with E-state index in [1.54, 1.807) is 0 Å². The Labute approximate surface area is 123 Å². The van der Waals surface area contributed by atoms with Gasteiger partial charge in [0.15, 0.2) is 0 Å². The highest BCUT2D eigenvalue weighted by atomic mass is 16.1. The minimum Gasteiger partial charge on any atom is -0.300 e. The molecule has 0 aromatic rings. The molecule has 0 saturated heterocycles. The van der Waals surface area contributed by atoms with Crippen LogP contribution in [0.15, 0.2) is 0 Å². The van der Waals surface area contributed by atoms with Crippen molar-refractivity contribution in [2.45, 2.75) is 77.0 Å². The van der Waals surface area contributed by atoms with E-state index in [0.717, 1.165) is 48.3 Å². The van der Waals surface area contributed by atoms with E-state index < -0.39 is 0 Å². The van der Waals surface area contributed by atoms with E-state index in [1.807, 2.05) is 0 Å². The molecule has 1 heteroatoms. The van der Waals surface area contributed by atoms with Crippen molar-refractivity contribution in [2.24, 2.45) is 35.5 Å². The van der Waals surface area contributed by atoms with E-state index in [1.165, 1.54) is 64.2 Å². The van der Waals surface area contributed by atoms with Crippen molar-refractivity contribution in [3.05, 3.63) is 0 Å². The van der Waals surface area contributed by atoms with Gasteiger partial charge in [0.05, 0.1) is 0 Å². The average Bonchev–Trinajstić information content (AvgIpc) is 2.49. The minimum absolute atomic E-state index is 0.625. The second-order valence-electron chi connectivity index (χ2n) is 8.50. The van der Waals surface area contributed by atoms with Gasteiger partial charge in [-0.2, -0.15) is 0 Å². The summed E-state index contributed by atoms with van der Waals surface area (Å²) in [5.41, 5.74) is 0. The standard InChI is InChI=1S/C19H30O/c20-19(11-17-9-13-1-5-15(17)6-2-13)12-18-10-14-3-7-16(18)8-4-14/h13-18H,1-12H2. The molecule has 0 aromatic carbocycles. The molecule has 0 amide bonds. The van der Waals surface area contributed by atoms with Crippen molar-refractivity contribution in [1.29, 1.82) is 0 Å². The van der Waals surface area contributed by atoms with E-state index in [-0.39, 0.29) is 0 Å². The van der Waals surface area contributed by atoms with Crippen LogP contribution < -0.4 is 0 Å². The molecule has 6 aliphatic rings. The molecule has 0 heterocycles. The third-order valence-electron chi connectivity index (χ3n) is 7.37. The fourth-order valence-corrected chi connectivity index (χ4v) is 6.20. The predicted octanol–water partition coefficient (Wildman–Crippen LogP) is 4.99. The van der Waals surface area contributed by atoms with Crippen molar-refractivity contribution in [1.82, 2.24) is 0 Å². The van der Waals surface area contributed by atoms with E-state index in [4.69, 9.17) is 0 Å². The monoisotopic (exact) mass is 274 g/mol. The Morgan fingerprint density at radius 3 is 1.35 bits per heavy atom. The highest BCUT2D eigenvalue weighted by molar-refractivity contribution is 5.79. The Bertz CT molecular complexity index is 324. The van der Waals surface area contributed by atoms with Gasteiger partial charge in [-0.05, 0) is 74.0 Å². The molecule has 6 saturated carbocycles. The fourth-order valence-electron chi connectivity index (χ4n) is 6.20. The van der Waals surface area contributed by atoms with Crippen LogP contribution in [0.4, 0.5) is 0 Å². The number of ketones is 1. The van der Waals surface area contributed by atoms with Crippen LogP contribution in [-0.4, -0.2) is 5.78 Å². The zero-order chi connectivity index (χ0) is 13.5. The van der Waals surface area contributed by atoms with Crippen LogP contribution in [0.2, 0.25) is 0 Å². The Morgan fingerprint density at radius 2 is 1.05 bits per heavy atom. The van der Waals surface area contributed by atoms with Crippen LogP contribution in [0.5, 0.6) is 0 Å². The molecular weight excluding hydrogens is 244 g/mol. The molecule has 1 nitrogen and oxygen atoms in total. The second-order valence-corrected chi connectivity index (χ2v) is 8.50. The van der Waals surface area contributed by atoms with Gasteiger partial charge in [-0.1, -0.05) is 25.7 Å². The smallest absolute Gasteiger partial charge is 0.133 e. The van der Waals surface area contributed by atoms with Crippen LogP contribution in [-0.2, 0) is 4.79 Å². The summed E-state index contributed by atoms with van der Waals surface area (Å²) in [6.45, 7) is 0. The third kappa shape index (κ3) is 2.57. The van der Waals surface area contributed by atoms with E-state index in [2.05, 4.69) is 0 Å². The number of rotatable bonds is 4. The summed E-state index contributed by atoms with van der Waals surface area (Å²) in [7, 11) is 0. The predicted molar refractivity (Wildman–Crippen MR) is 81.4 cm³/mol. The molecule has 0 aliphatic heterocycles. The lowest BCUT2D eigenvalue weighted by molar-refractivity contribution is -0.123. The van der Waals surface area contributed by atoms with E-state index in [0.29, 0.717) is 5.78 Å². The van der Waals surface area contributed by atoms with Crippen molar-refractivity contribution < 1.29 is 4.79 Å². The molecule has 6 fully saturated rings. The lowest BCUT2D eigenvalue weighted by Crippen LogP contribution is -2.35. The first-order chi connectivity index (χ1) is 9.78. The van der Waals surface area contributed by atoms with Crippen molar-refractivity contribution in [2.75, 3.05) is 0 Å². The lowest BCUT2D eigenvalue weighted by Gasteiger charge is -2.44. The minimum atomic E-state index is 0.625. The Hall–Kier alpha value is -0.330. The van der Waals surface area contributed by atoms with Crippen LogP contribution >= 0.6 is 0 Å². The van der Waals surface area contributed by atoms with Crippen LogP contribution in [0.3, 0.4) is 0 Å². The fraction of sp³-hybridized carbons (Fsp3) is 0.947. The molecule has 6 rings (SSSR count). The number of hydrogen-bond donors (Lipinski definition) is 0. The van der Waals surface area contributed by atoms with Gasteiger partial charge in [-0.15, -0.1) is 0 Å². The van der Waals surface area contributed by atoms with Gasteiger partial charge in [-0.25, -0.2) is 0 Å². The summed E-state index contributed by atoms with van der Waals surface area (Å²) in [5, 5.41) is 0. The topological polar surface area (TPSA) is 17.1 Å². The highest BCUT2D eigenvalue weighted by Gasteiger charge is 2.39. The molecule has 4 bridgehead atoms. The maximum absolute atomic E-state index is 12.5. The SMILES string of the molecule is O=C(CC1CC2CCC1CC2)CC1CC2CCC1CC2. The quantitative estimate of drug-likeness (QED) is 0.706. The van der Waals surface area contributed by atoms with Gasteiger partial charge in [0.1, 0.15) is 5.78 Å². The Kier molecular flexibility index (Phi) is 3.64. The first-order valence-corrected chi connectivity index (χ1v) is 9.29. The maximum atomic E-state index is 12.5. The molecule has 6 aliphatic carbocycles. The number of carbonyl (C=O) groups excluding carboxylic acids is 1. The highest BCUT2D eigenvalue weighted by Crippen LogP contribution is 2.48. The summed E-state index contributed by atoms with van der Waals surface area (Å²) >= 11 is 0. The van der Waals surface area contributed by atoms with Gasteiger partial charge in [0, 0.05) is 12.8 Å². The van der Waals surface area contributed by atoms with Gasteiger partial charge >= 0.3 is 0 Å². The number of fused-ring (bicyclic) bond motifs is 6. The number of hydrogen-bond acceptors (Lipinski definition) is 1. The van der Waals surface area contributed by atoms with Crippen LogP contribution in [0.25, 0.3) is 0 Å². The molecule has 0 aromatic heterocycles. The van der Waals surface area contributed by atoms with Crippen LogP contribution in [0, 0.1) is 35.5 Å². The lowest BCUT2D eigenvalue weighted by atomic mass is 9.61. The molecule has 0 radical (unpaired) electrons. The van der Waals surface area contributed by atoms with Gasteiger partial charge < -0.3 is 0 Å². The van der Waals surface area contributed by atoms with Gasteiger partial charge in [0.25, 0.3) is 0 Å². The molecule has 0 spiro atoms. The average molecular weight is 274 g/mol. The Balaban J connectivity index is 1.30. The first kappa shape index (κ1) is 13.3. The summed E-state index contributed by atoms with van der Waals surface area (Å²) in [6.07, 6.45) is 16.2. The molecule has 20 heavy (non-hydrogen) atoms. The van der Waals surface area contributed by atoms with E-state index in [9.17, 15) is 4.79 Å². The summed E-state index contributed by atoms with van der Waals surface area (Å²) in [6, 6.07) is 0. The van der Waals surface area contributed by atoms with Crippen molar-refractivity contribution in [3.63, 3.8) is 0 Å². The maximum Gasteiger partial charge on any atom is 0.133 e. The Morgan fingerprint density at radius 1 is 0.650 bits per heavy atom. The molecular formula is C19H30O. The zero-order valence-electron chi connectivity index (χ0n) is 12.9. The summed E-state index contributed by atoms with van der Waals surface area (Å²) in [4.78, 5) is 12.5. The third-order valence-corrected chi connectivity index (χ3v) is 7.37. The van der Waals surface area contributed by atoms with Crippen molar-refractivity contribution in [3.8, 4) is 0 Å². The van der Waals surface area contributed by atoms with Crippen LogP contribution in [0.1, 0.15) is 77.0 Å². The van der Waals surface area contributed by atoms with Gasteiger partial charge in [-0.3, -0.25) is 4.79 Å². The normalized spacial score (nSPS) is 46.6. The van der Waals surface area contributed by atoms with Gasteiger partial charge in [0.2, 0.25) is 0 Å². The number of carbonyl (C=O) groups is 1. The first-order valence-electron chi connectivity index (χ1n) is 9.29. The molecule has 2 atom stereocenters. The van der Waals surface area contributed by atoms with Crippen molar-refractivity contribution >= 4 is 5.78 Å². The molecule has 2 unspecified atom stereocenters. The van der Waals surface area contributed by atoms with E-state index >= 15 is 0 Å². The molecule has 0 N–H and O–H groups in total. The number of Topliss-reactive ketones (excluding diaryl/α,β-unsaturated/α-hetero) is 1.